The fraction of sp³-hybridized carbons (Fsp3) is 0.333. The summed E-state index contributed by atoms with van der Waals surface area (Å²) in [4.78, 5) is 16.8. The number of nitrogens with zero attached hydrogens (tertiary/aromatic N) is 1. The molecule has 0 aliphatic carbocycles. The molecule has 0 fully saturated rings. The highest BCUT2D eigenvalue weighted by Gasteiger charge is 2.45. The van der Waals surface area contributed by atoms with Crippen LogP contribution in [-0.4, -0.2) is 48.4 Å². The number of ether oxygens (including phenoxy) is 2. The molecule has 0 spiro atoms. The van der Waals surface area contributed by atoms with Crippen molar-refractivity contribution in [1.29, 1.82) is 0 Å². The molecule has 144 valence electrons. The average Bonchev–Trinajstić information content (AvgIpc) is 3.28. The van der Waals surface area contributed by atoms with Gasteiger partial charge >= 0.3 is 5.97 Å². The number of halogens is 2. The lowest BCUT2D eigenvalue weighted by Crippen LogP contribution is -2.53. The summed E-state index contributed by atoms with van der Waals surface area (Å²) < 4.78 is 36.6. The van der Waals surface area contributed by atoms with Crippen LogP contribution in [0.5, 0.6) is 0 Å². The van der Waals surface area contributed by atoms with Gasteiger partial charge in [-0.25, -0.2) is 13.6 Å². The van der Waals surface area contributed by atoms with E-state index in [9.17, 15) is 18.7 Å². The van der Waals surface area contributed by atoms with Crippen LogP contribution in [-0.2, 0) is 19.1 Å². The normalized spacial score (nSPS) is 25.1. The van der Waals surface area contributed by atoms with Crippen molar-refractivity contribution >= 4 is 11.7 Å². The SMILES string of the molecule is C=C[C@]1(C(O)N[C@@H]2C=C(C(=O)OC)OC2)CC(c2cc(F)cc(F)c2)=NO1. The molecule has 9 heteroatoms. The lowest BCUT2D eigenvalue weighted by Gasteiger charge is -2.30. The van der Waals surface area contributed by atoms with Gasteiger partial charge in [-0.2, -0.15) is 0 Å². The molecule has 2 N–H and O–H groups in total. The Kier molecular flexibility index (Phi) is 5.24. The second-order valence-corrected chi connectivity index (χ2v) is 6.13. The van der Waals surface area contributed by atoms with Crippen LogP contribution in [0.1, 0.15) is 12.0 Å². The Labute approximate surface area is 153 Å². The number of benzene rings is 1. The Morgan fingerprint density at radius 2 is 2.19 bits per heavy atom. The predicted octanol–water partition coefficient (Wildman–Crippen LogP) is 1.38. The van der Waals surface area contributed by atoms with E-state index in [1.54, 1.807) is 0 Å². The Hall–Kier alpha value is -2.78. The number of rotatable bonds is 6. The molecule has 1 aromatic carbocycles. The van der Waals surface area contributed by atoms with Crippen molar-refractivity contribution in [3.05, 3.63) is 59.9 Å². The molecule has 0 saturated heterocycles. The van der Waals surface area contributed by atoms with E-state index in [1.165, 1.54) is 19.3 Å². The van der Waals surface area contributed by atoms with Crippen LogP contribution in [0, 0.1) is 11.6 Å². The first-order valence-electron chi connectivity index (χ1n) is 8.09. The standard InChI is InChI=1S/C18H18F2N2O5/c1-3-18(17(24)21-13-7-15(26-9-13)16(23)25-2)8-14(22-27-18)10-4-11(19)6-12(20)5-10/h3-7,13,17,21,24H,1,8-9H2,2H3/t13-,17?,18-/m1/s1. The summed E-state index contributed by atoms with van der Waals surface area (Å²) in [6, 6.07) is 2.52. The summed E-state index contributed by atoms with van der Waals surface area (Å²) in [5, 5.41) is 17.3. The number of hydrogen-bond acceptors (Lipinski definition) is 7. The Morgan fingerprint density at radius 1 is 1.48 bits per heavy atom. The summed E-state index contributed by atoms with van der Waals surface area (Å²) in [6.45, 7) is 3.77. The maximum absolute atomic E-state index is 13.4. The Balaban J connectivity index is 1.71. The number of nitrogens with one attached hydrogen (secondary N) is 1. The first kappa shape index (κ1) is 19.0. The summed E-state index contributed by atoms with van der Waals surface area (Å²) in [6.07, 6.45) is 1.59. The third-order valence-electron chi connectivity index (χ3n) is 4.30. The molecular weight excluding hydrogens is 362 g/mol. The summed E-state index contributed by atoms with van der Waals surface area (Å²) >= 11 is 0. The lowest BCUT2D eigenvalue weighted by molar-refractivity contribution is -0.139. The summed E-state index contributed by atoms with van der Waals surface area (Å²) in [7, 11) is 1.23. The van der Waals surface area contributed by atoms with Gasteiger partial charge in [-0.05, 0) is 24.3 Å². The predicted molar refractivity (Wildman–Crippen MR) is 90.5 cm³/mol. The van der Waals surface area contributed by atoms with Crippen LogP contribution in [0.2, 0.25) is 0 Å². The number of oxime groups is 1. The van der Waals surface area contributed by atoms with Gasteiger partial charge in [-0.1, -0.05) is 11.7 Å². The van der Waals surface area contributed by atoms with Crippen LogP contribution in [0.3, 0.4) is 0 Å². The minimum Gasteiger partial charge on any atom is -0.485 e. The summed E-state index contributed by atoms with van der Waals surface area (Å²) in [5.41, 5.74) is -0.872. The molecular formula is C18H18F2N2O5. The van der Waals surface area contributed by atoms with E-state index in [-0.39, 0.29) is 30.1 Å². The molecule has 0 bridgehead atoms. The Bertz CT molecular complexity index is 806. The second kappa shape index (κ2) is 7.45. The molecule has 27 heavy (non-hydrogen) atoms. The molecule has 0 amide bonds. The topological polar surface area (TPSA) is 89.4 Å². The molecule has 0 aromatic heterocycles. The van der Waals surface area contributed by atoms with Gasteiger partial charge < -0.3 is 19.4 Å². The molecule has 0 radical (unpaired) electrons. The van der Waals surface area contributed by atoms with Crippen molar-refractivity contribution < 1.29 is 33.0 Å². The van der Waals surface area contributed by atoms with E-state index in [4.69, 9.17) is 9.57 Å². The molecule has 2 heterocycles. The van der Waals surface area contributed by atoms with Crippen LogP contribution in [0.15, 0.2) is 47.8 Å². The number of methoxy groups -OCH3 is 1. The van der Waals surface area contributed by atoms with E-state index in [0.29, 0.717) is 0 Å². The lowest BCUT2D eigenvalue weighted by atomic mass is 9.92. The highest BCUT2D eigenvalue weighted by Crippen LogP contribution is 2.31. The van der Waals surface area contributed by atoms with Crippen molar-refractivity contribution in [2.24, 2.45) is 5.16 Å². The highest BCUT2D eigenvalue weighted by molar-refractivity contribution is 6.02. The number of esters is 1. The smallest absolute Gasteiger partial charge is 0.373 e. The third kappa shape index (κ3) is 3.83. The molecule has 2 aliphatic heterocycles. The zero-order valence-electron chi connectivity index (χ0n) is 14.4. The van der Waals surface area contributed by atoms with Crippen molar-refractivity contribution in [2.45, 2.75) is 24.3 Å². The van der Waals surface area contributed by atoms with E-state index in [2.05, 4.69) is 21.8 Å². The number of aliphatic hydroxyl groups excluding tert-OH is 1. The quantitative estimate of drug-likeness (QED) is 0.440. The van der Waals surface area contributed by atoms with Gasteiger partial charge in [0.2, 0.25) is 5.76 Å². The van der Waals surface area contributed by atoms with E-state index in [0.717, 1.165) is 18.2 Å². The third-order valence-corrected chi connectivity index (χ3v) is 4.30. The summed E-state index contributed by atoms with van der Waals surface area (Å²) in [5.74, 6) is -2.07. The highest BCUT2D eigenvalue weighted by atomic mass is 19.1. The number of carbonyl (C=O) groups excluding carboxylic acids is 1. The van der Waals surface area contributed by atoms with Gasteiger partial charge in [-0.15, -0.1) is 0 Å². The van der Waals surface area contributed by atoms with Crippen LogP contribution < -0.4 is 5.32 Å². The van der Waals surface area contributed by atoms with Crippen molar-refractivity contribution in [1.82, 2.24) is 5.32 Å². The van der Waals surface area contributed by atoms with Gasteiger partial charge in [0.05, 0.1) is 18.9 Å². The number of hydrogen-bond donors (Lipinski definition) is 2. The van der Waals surface area contributed by atoms with Crippen molar-refractivity contribution in [3.63, 3.8) is 0 Å². The van der Waals surface area contributed by atoms with Crippen LogP contribution in [0.25, 0.3) is 0 Å². The van der Waals surface area contributed by atoms with E-state index < -0.39 is 35.5 Å². The van der Waals surface area contributed by atoms with Gasteiger partial charge in [0.25, 0.3) is 0 Å². The van der Waals surface area contributed by atoms with Gasteiger partial charge in [0, 0.05) is 18.1 Å². The number of aliphatic hydroxyl groups is 1. The monoisotopic (exact) mass is 380 g/mol. The first-order valence-corrected chi connectivity index (χ1v) is 8.09. The van der Waals surface area contributed by atoms with E-state index in [1.807, 2.05) is 0 Å². The fourth-order valence-electron chi connectivity index (χ4n) is 2.84. The van der Waals surface area contributed by atoms with Gasteiger partial charge in [0.15, 0.2) is 11.8 Å². The largest absolute Gasteiger partial charge is 0.485 e. The van der Waals surface area contributed by atoms with Gasteiger partial charge in [-0.3, -0.25) is 5.32 Å². The molecule has 3 rings (SSSR count). The molecule has 2 aliphatic rings. The maximum Gasteiger partial charge on any atom is 0.373 e. The molecule has 1 unspecified atom stereocenters. The zero-order valence-corrected chi connectivity index (χ0v) is 14.4. The average molecular weight is 380 g/mol. The van der Waals surface area contributed by atoms with Crippen molar-refractivity contribution in [3.8, 4) is 0 Å². The zero-order chi connectivity index (χ0) is 19.6. The fourth-order valence-corrected chi connectivity index (χ4v) is 2.84. The second-order valence-electron chi connectivity index (χ2n) is 6.13. The van der Waals surface area contributed by atoms with Crippen LogP contribution >= 0.6 is 0 Å². The molecule has 7 nitrogen and oxygen atoms in total. The van der Waals surface area contributed by atoms with E-state index >= 15 is 0 Å². The Morgan fingerprint density at radius 3 is 2.81 bits per heavy atom. The molecule has 0 saturated carbocycles. The molecule has 3 atom stereocenters. The molecule has 1 aromatic rings. The minimum absolute atomic E-state index is 0.0364. The minimum atomic E-state index is -1.35. The van der Waals surface area contributed by atoms with Crippen LogP contribution in [0.4, 0.5) is 8.78 Å². The van der Waals surface area contributed by atoms with Crippen molar-refractivity contribution in [2.75, 3.05) is 13.7 Å². The number of carbonyl (C=O) groups is 1. The first-order chi connectivity index (χ1) is 12.9. The van der Waals surface area contributed by atoms with Gasteiger partial charge in [0.1, 0.15) is 18.2 Å². The maximum atomic E-state index is 13.4.